The average Bonchev–Trinajstić information content (AvgIpc) is 2.87. The molecule has 0 radical (unpaired) electrons. The first kappa shape index (κ1) is 10.9. The maximum absolute atomic E-state index is 6.13. The Morgan fingerprint density at radius 2 is 2.12 bits per heavy atom. The highest BCUT2D eigenvalue weighted by molar-refractivity contribution is 7.10. The van der Waals surface area contributed by atoms with Crippen molar-refractivity contribution in [3.8, 4) is 0 Å². The molecule has 0 saturated heterocycles. The van der Waals surface area contributed by atoms with Gasteiger partial charge in [-0.3, -0.25) is 0 Å². The fourth-order valence-electron chi connectivity index (χ4n) is 2.05. The number of aryl methyl sites for hydroxylation is 1. The van der Waals surface area contributed by atoms with Crippen molar-refractivity contribution in [2.75, 3.05) is 0 Å². The van der Waals surface area contributed by atoms with Crippen LogP contribution in [0.3, 0.4) is 0 Å². The van der Waals surface area contributed by atoms with Crippen LogP contribution in [0.25, 0.3) is 10.9 Å². The van der Waals surface area contributed by atoms with Gasteiger partial charge in [-0.2, -0.15) is 0 Å². The molecule has 0 spiro atoms. The molecule has 3 heteroatoms. The van der Waals surface area contributed by atoms with Crippen molar-refractivity contribution >= 4 is 33.8 Å². The van der Waals surface area contributed by atoms with Crippen LogP contribution in [-0.4, -0.2) is 4.57 Å². The van der Waals surface area contributed by atoms with Crippen molar-refractivity contribution in [2.45, 2.75) is 13.5 Å². The van der Waals surface area contributed by atoms with Gasteiger partial charge in [0.1, 0.15) is 0 Å². The van der Waals surface area contributed by atoms with Gasteiger partial charge in [0.05, 0.1) is 11.6 Å². The Hall–Kier alpha value is -1.25. The molecule has 2 aromatic heterocycles. The third kappa shape index (κ3) is 1.99. The third-order valence-electron chi connectivity index (χ3n) is 2.93. The molecule has 0 saturated carbocycles. The molecule has 2 heterocycles. The van der Waals surface area contributed by atoms with Crippen molar-refractivity contribution in [3.63, 3.8) is 0 Å². The summed E-state index contributed by atoms with van der Waals surface area (Å²) < 4.78 is 2.24. The number of hydrogen-bond donors (Lipinski definition) is 0. The van der Waals surface area contributed by atoms with Crippen molar-refractivity contribution < 1.29 is 0 Å². The van der Waals surface area contributed by atoms with Gasteiger partial charge in [0.2, 0.25) is 0 Å². The first-order chi connectivity index (χ1) is 8.24. The average molecular weight is 262 g/mol. The normalized spacial score (nSPS) is 11.2. The van der Waals surface area contributed by atoms with Crippen LogP contribution in [0.2, 0.25) is 5.02 Å². The number of rotatable bonds is 2. The minimum Gasteiger partial charge on any atom is -0.342 e. The van der Waals surface area contributed by atoms with E-state index in [1.54, 1.807) is 11.3 Å². The summed E-state index contributed by atoms with van der Waals surface area (Å²) >= 11 is 7.84. The second-order valence-electron chi connectivity index (χ2n) is 4.20. The number of nitrogens with zero attached hydrogens (tertiary/aromatic N) is 1. The summed E-state index contributed by atoms with van der Waals surface area (Å²) in [5.41, 5.74) is 2.56. The zero-order chi connectivity index (χ0) is 11.8. The van der Waals surface area contributed by atoms with Crippen LogP contribution in [-0.2, 0) is 6.54 Å². The standard InChI is InChI=1S/C14H12ClNS/c1-10-2-3-13-11(8-10)4-6-16(13)9-14-12(15)5-7-17-14/h2-8H,9H2,1H3. The van der Waals surface area contributed by atoms with Crippen molar-refractivity contribution in [2.24, 2.45) is 0 Å². The largest absolute Gasteiger partial charge is 0.342 e. The fraction of sp³-hybridized carbons (Fsp3) is 0.143. The lowest BCUT2D eigenvalue weighted by atomic mass is 10.2. The van der Waals surface area contributed by atoms with Crippen LogP contribution in [0.4, 0.5) is 0 Å². The van der Waals surface area contributed by atoms with Gasteiger partial charge in [-0.1, -0.05) is 23.2 Å². The van der Waals surface area contributed by atoms with Crippen LogP contribution >= 0.6 is 22.9 Å². The number of thiophene rings is 1. The van der Waals surface area contributed by atoms with E-state index >= 15 is 0 Å². The van der Waals surface area contributed by atoms with E-state index in [0.717, 1.165) is 11.6 Å². The van der Waals surface area contributed by atoms with Gasteiger partial charge >= 0.3 is 0 Å². The first-order valence-electron chi connectivity index (χ1n) is 5.51. The van der Waals surface area contributed by atoms with E-state index in [-0.39, 0.29) is 0 Å². The Bertz CT molecular complexity index is 666. The van der Waals surface area contributed by atoms with E-state index in [1.165, 1.54) is 21.3 Å². The molecule has 3 aromatic rings. The molecule has 1 nitrogen and oxygen atoms in total. The number of aromatic nitrogens is 1. The summed E-state index contributed by atoms with van der Waals surface area (Å²) in [5.74, 6) is 0. The van der Waals surface area contributed by atoms with Gasteiger partial charge in [0, 0.05) is 16.6 Å². The van der Waals surface area contributed by atoms with Gasteiger partial charge in [0.25, 0.3) is 0 Å². The van der Waals surface area contributed by atoms with E-state index in [1.807, 2.05) is 11.4 Å². The van der Waals surface area contributed by atoms with Crippen LogP contribution in [0.15, 0.2) is 41.9 Å². The molecule has 0 atom stereocenters. The van der Waals surface area contributed by atoms with Crippen LogP contribution in [0.5, 0.6) is 0 Å². The Labute approximate surface area is 109 Å². The van der Waals surface area contributed by atoms with Gasteiger partial charge in [-0.15, -0.1) is 11.3 Å². The van der Waals surface area contributed by atoms with Crippen LogP contribution in [0.1, 0.15) is 10.4 Å². The number of halogens is 1. The summed E-state index contributed by atoms with van der Waals surface area (Å²) in [6.45, 7) is 2.97. The summed E-state index contributed by atoms with van der Waals surface area (Å²) in [5, 5.41) is 4.19. The van der Waals surface area contributed by atoms with Crippen molar-refractivity contribution in [1.29, 1.82) is 0 Å². The summed E-state index contributed by atoms with van der Waals surface area (Å²) in [6, 6.07) is 10.6. The molecule has 0 unspecified atom stereocenters. The van der Waals surface area contributed by atoms with E-state index in [9.17, 15) is 0 Å². The molecule has 3 rings (SSSR count). The number of hydrogen-bond acceptors (Lipinski definition) is 1. The van der Waals surface area contributed by atoms with Gasteiger partial charge in [-0.05, 0) is 42.0 Å². The smallest absolute Gasteiger partial charge is 0.0584 e. The Balaban J connectivity index is 2.04. The highest BCUT2D eigenvalue weighted by Gasteiger charge is 2.05. The van der Waals surface area contributed by atoms with Gasteiger partial charge in [-0.25, -0.2) is 0 Å². The van der Waals surface area contributed by atoms with Crippen molar-refractivity contribution in [3.05, 3.63) is 57.4 Å². The molecule has 17 heavy (non-hydrogen) atoms. The molecule has 86 valence electrons. The lowest BCUT2D eigenvalue weighted by Crippen LogP contribution is -1.95. The maximum atomic E-state index is 6.13. The third-order valence-corrected chi connectivity index (χ3v) is 4.30. The molecule has 0 aliphatic carbocycles. The quantitative estimate of drug-likeness (QED) is 0.629. The Kier molecular flexibility index (Phi) is 2.69. The molecule has 0 aliphatic rings. The molecule has 0 N–H and O–H groups in total. The summed E-state index contributed by atoms with van der Waals surface area (Å²) in [4.78, 5) is 1.21. The minimum absolute atomic E-state index is 0.850. The zero-order valence-corrected chi connectivity index (χ0v) is 11.1. The monoisotopic (exact) mass is 261 g/mol. The molecule has 0 aliphatic heterocycles. The highest BCUT2D eigenvalue weighted by atomic mass is 35.5. The van der Waals surface area contributed by atoms with Crippen molar-refractivity contribution in [1.82, 2.24) is 4.57 Å². The highest BCUT2D eigenvalue weighted by Crippen LogP contribution is 2.25. The second kappa shape index (κ2) is 4.21. The lowest BCUT2D eigenvalue weighted by Gasteiger charge is -2.04. The van der Waals surface area contributed by atoms with Crippen LogP contribution < -0.4 is 0 Å². The van der Waals surface area contributed by atoms with E-state index in [4.69, 9.17) is 11.6 Å². The molecule has 0 fully saturated rings. The molecule has 0 bridgehead atoms. The van der Waals surface area contributed by atoms with Gasteiger partial charge < -0.3 is 4.57 Å². The molecule has 0 amide bonds. The molecule has 1 aromatic carbocycles. The van der Waals surface area contributed by atoms with E-state index < -0.39 is 0 Å². The van der Waals surface area contributed by atoms with E-state index in [2.05, 4.69) is 42.0 Å². The van der Waals surface area contributed by atoms with Gasteiger partial charge in [0.15, 0.2) is 0 Å². The number of fused-ring (bicyclic) bond motifs is 1. The van der Waals surface area contributed by atoms with E-state index in [0.29, 0.717) is 0 Å². The maximum Gasteiger partial charge on any atom is 0.0584 e. The molecular formula is C14H12ClNS. The predicted octanol–water partition coefficient (Wildman–Crippen LogP) is 4.71. The second-order valence-corrected chi connectivity index (χ2v) is 5.61. The zero-order valence-electron chi connectivity index (χ0n) is 9.48. The topological polar surface area (TPSA) is 4.93 Å². The molecular weight excluding hydrogens is 250 g/mol. The summed E-state index contributed by atoms with van der Waals surface area (Å²) in [6.07, 6.45) is 2.13. The summed E-state index contributed by atoms with van der Waals surface area (Å²) in [7, 11) is 0. The Morgan fingerprint density at radius 1 is 1.24 bits per heavy atom. The number of benzene rings is 1. The Morgan fingerprint density at radius 3 is 2.88 bits per heavy atom. The van der Waals surface area contributed by atoms with Crippen LogP contribution in [0, 0.1) is 6.92 Å². The SMILES string of the molecule is Cc1ccc2c(ccn2Cc2sccc2Cl)c1. The minimum atomic E-state index is 0.850. The predicted molar refractivity (Wildman–Crippen MR) is 75.1 cm³/mol. The fourth-order valence-corrected chi connectivity index (χ4v) is 3.14. The first-order valence-corrected chi connectivity index (χ1v) is 6.77. The lowest BCUT2D eigenvalue weighted by molar-refractivity contribution is 0.852.